The average molecular weight is 340 g/mol. The van der Waals surface area contributed by atoms with E-state index in [1.54, 1.807) is 36.6 Å². The lowest BCUT2D eigenvalue weighted by atomic mass is 10.3. The van der Waals surface area contributed by atoms with E-state index < -0.39 is 0 Å². The van der Waals surface area contributed by atoms with Crippen molar-refractivity contribution in [2.75, 3.05) is 6.54 Å². The van der Waals surface area contributed by atoms with E-state index in [1.165, 1.54) is 5.56 Å². The van der Waals surface area contributed by atoms with E-state index >= 15 is 0 Å². The molecule has 8 heteroatoms. The standard InChI is InChI=1S/C17H20N6O2/c1-21-9-14(6-19-21)17(24)18-7-15-10-23-4-3-22(11-16(23)20-15)8-13-2-5-25-12-13/h2,5-6,9-10,12H,3-4,7-8,11H2,1H3,(H,18,24). The largest absolute Gasteiger partial charge is 0.472 e. The van der Waals surface area contributed by atoms with Crippen LogP contribution in [0, 0.1) is 0 Å². The van der Waals surface area contributed by atoms with Gasteiger partial charge < -0.3 is 14.3 Å². The highest BCUT2D eigenvalue weighted by Crippen LogP contribution is 2.16. The van der Waals surface area contributed by atoms with Crippen molar-refractivity contribution in [2.24, 2.45) is 7.05 Å². The van der Waals surface area contributed by atoms with Crippen molar-refractivity contribution in [2.45, 2.75) is 26.2 Å². The Bertz CT molecular complexity index is 864. The van der Waals surface area contributed by atoms with Gasteiger partial charge in [0.15, 0.2) is 0 Å². The Hall–Kier alpha value is -2.87. The minimum atomic E-state index is -0.138. The third-order valence-corrected chi connectivity index (χ3v) is 4.31. The van der Waals surface area contributed by atoms with Gasteiger partial charge in [0, 0.05) is 44.6 Å². The normalized spacial score (nSPS) is 14.4. The minimum Gasteiger partial charge on any atom is -0.472 e. The third-order valence-electron chi connectivity index (χ3n) is 4.31. The van der Waals surface area contributed by atoms with Crippen molar-refractivity contribution in [1.29, 1.82) is 0 Å². The number of carbonyl (C=O) groups excluding carboxylic acids is 1. The molecular formula is C17H20N6O2. The molecule has 3 aromatic rings. The van der Waals surface area contributed by atoms with Crippen LogP contribution in [-0.2, 0) is 33.2 Å². The summed E-state index contributed by atoms with van der Waals surface area (Å²) in [7, 11) is 1.79. The molecule has 4 rings (SSSR count). The van der Waals surface area contributed by atoms with Gasteiger partial charge in [-0.05, 0) is 6.07 Å². The molecular weight excluding hydrogens is 320 g/mol. The van der Waals surface area contributed by atoms with Crippen LogP contribution in [0.1, 0.15) is 27.4 Å². The number of carbonyl (C=O) groups is 1. The second-order valence-corrected chi connectivity index (χ2v) is 6.27. The number of imidazole rings is 1. The smallest absolute Gasteiger partial charge is 0.254 e. The number of hydrogen-bond acceptors (Lipinski definition) is 5. The summed E-state index contributed by atoms with van der Waals surface area (Å²) in [5.74, 6) is 0.890. The molecule has 4 heterocycles. The van der Waals surface area contributed by atoms with Crippen LogP contribution < -0.4 is 5.32 Å². The Morgan fingerprint density at radius 1 is 1.36 bits per heavy atom. The van der Waals surface area contributed by atoms with E-state index in [-0.39, 0.29) is 5.91 Å². The van der Waals surface area contributed by atoms with Crippen LogP contribution in [0.5, 0.6) is 0 Å². The third kappa shape index (κ3) is 3.48. The maximum Gasteiger partial charge on any atom is 0.254 e. The molecule has 0 radical (unpaired) electrons. The summed E-state index contributed by atoms with van der Waals surface area (Å²) < 4.78 is 8.90. The highest BCUT2D eigenvalue weighted by Gasteiger charge is 2.19. The van der Waals surface area contributed by atoms with Gasteiger partial charge in [-0.25, -0.2) is 4.98 Å². The minimum absolute atomic E-state index is 0.138. The molecule has 0 saturated heterocycles. The monoisotopic (exact) mass is 340 g/mol. The Kier molecular flexibility index (Phi) is 4.10. The van der Waals surface area contributed by atoms with Crippen LogP contribution in [0.4, 0.5) is 0 Å². The Balaban J connectivity index is 1.36. The van der Waals surface area contributed by atoms with Crippen LogP contribution in [0.25, 0.3) is 0 Å². The van der Waals surface area contributed by atoms with Gasteiger partial charge in [0.2, 0.25) is 0 Å². The number of nitrogens with zero attached hydrogens (tertiary/aromatic N) is 5. The summed E-state index contributed by atoms with van der Waals surface area (Å²) in [4.78, 5) is 19.1. The van der Waals surface area contributed by atoms with E-state index in [9.17, 15) is 4.79 Å². The van der Waals surface area contributed by atoms with Crippen LogP contribution in [0.15, 0.2) is 41.6 Å². The van der Waals surface area contributed by atoms with E-state index in [2.05, 4.69) is 24.9 Å². The van der Waals surface area contributed by atoms with Crippen molar-refractivity contribution in [3.63, 3.8) is 0 Å². The van der Waals surface area contributed by atoms with Crippen molar-refractivity contribution < 1.29 is 9.21 Å². The van der Waals surface area contributed by atoms with Crippen LogP contribution in [0.2, 0.25) is 0 Å². The summed E-state index contributed by atoms with van der Waals surface area (Å²) in [6, 6.07) is 1.99. The van der Waals surface area contributed by atoms with Gasteiger partial charge in [-0.1, -0.05) is 0 Å². The summed E-state index contributed by atoms with van der Waals surface area (Å²) >= 11 is 0. The van der Waals surface area contributed by atoms with E-state index in [0.29, 0.717) is 12.1 Å². The Labute approximate surface area is 145 Å². The molecule has 0 spiro atoms. The van der Waals surface area contributed by atoms with Crippen molar-refractivity contribution in [3.8, 4) is 0 Å². The molecule has 0 saturated carbocycles. The van der Waals surface area contributed by atoms with Gasteiger partial charge in [-0.2, -0.15) is 5.10 Å². The average Bonchev–Trinajstić information content (AvgIpc) is 3.33. The molecule has 0 aromatic carbocycles. The van der Waals surface area contributed by atoms with E-state index in [0.717, 1.165) is 37.7 Å². The zero-order chi connectivity index (χ0) is 17.2. The lowest BCUT2D eigenvalue weighted by Gasteiger charge is -2.26. The van der Waals surface area contributed by atoms with Gasteiger partial charge in [0.1, 0.15) is 5.82 Å². The highest BCUT2D eigenvalue weighted by molar-refractivity contribution is 5.93. The predicted octanol–water partition coefficient (Wildman–Crippen LogP) is 1.16. The maximum absolute atomic E-state index is 12.1. The maximum atomic E-state index is 12.1. The first-order chi connectivity index (χ1) is 12.2. The molecule has 130 valence electrons. The van der Waals surface area contributed by atoms with Crippen molar-refractivity contribution in [1.82, 2.24) is 29.5 Å². The predicted molar refractivity (Wildman–Crippen MR) is 89.4 cm³/mol. The van der Waals surface area contributed by atoms with Gasteiger partial charge >= 0.3 is 0 Å². The fraction of sp³-hybridized carbons (Fsp3) is 0.353. The lowest BCUT2D eigenvalue weighted by molar-refractivity contribution is 0.0950. The summed E-state index contributed by atoms with van der Waals surface area (Å²) in [6.45, 7) is 3.93. The van der Waals surface area contributed by atoms with Crippen LogP contribution >= 0.6 is 0 Å². The Morgan fingerprint density at radius 3 is 3.04 bits per heavy atom. The quantitative estimate of drug-likeness (QED) is 0.754. The molecule has 0 atom stereocenters. The first kappa shape index (κ1) is 15.6. The van der Waals surface area contributed by atoms with Crippen molar-refractivity contribution >= 4 is 5.91 Å². The first-order valence-electron chi connectivity index (χ1n) is 8.22. The van der Waals surface area contributed by atoms with Crippen LogP contribution in [0.3, 0.4) is 0 Å². The number of aromatic nitrogens is 4. The fourth-order valence-electron chi connectivity index (χ4n) is 3.03. The number of nitrogens with one attached hydrogen (secondary N) is 1. The van der Waals surface area contributed by atoms with Gasteiger partial charge in [0.05, 0.1) is 43.1 Å². The summed E-state index contributed by atoms with van der Waals surface area (Å²) in [5.41, 5.74) is 2.60. The SMILES string of the molecule is Cn1cc(C(=O)NCc2cn3c(n2)CN(Cc2ccoc2)CC3)cn1. The molecule has 1 N–H and O–H groups in total. The Morgan fingerprint density at radius 2 is 2.28 bits per heavy atom. The molecule has 0 bridgehead atoms. The molecule has 25 heavy (non-hydrogen) atoms. The molecule has 8 nitrogen and oxygen atoms in total. The number of amides is 1. The van der Waals surface area contributed by atoms with Gasteiger partial charge in [0.25, 0.3) is 5.91 Å². The topological polar surface area (TPSA) is 81.1 Å². The molecule has 0 unspecified atom stereocenters. The second kappa shape index (κ2) is 6.56. The summed E-state index contributed by atoms with van der Waals surface area (Å²) in [6.07, 6.45) is 8.75. The number of fused-ring (bicyclic) bond motifs is 1. The van der Waals surface area contributed by atoms with Crippen LogP contribution in [-0.4, -0.2) is 36.7 Å². The zero-order valence-corrected chi connectivity index (χ0v) is 14.1. The fourth-order valence-corrected chi connectivity index (χ4v) is 3.03. The molecule has 1 aliphatic heterocycles. The second-order valence-electron chi connectivity index (χ2n) is 6.27. The van der Waals surface area contributed by atoms with E-state index in [1.807, 2.05) is 12.3 Å². The van der Waals surface area contributed by atoms with E-state index in [4.69, 9.17) is 4.42 Å². The molecule has 1 amide bonds. The summed E-state index contributed by atoms with van der Waals surface area (Å²) in [5, 5.41) is 6.90. The zero-order valence-electron chi connectivity index (χ0n) is 14.1. The molecule has 0 aliphatic carbocycles. The highest BCUT2D eigenvalue weighted by atomic mass is 16.3. The number of hydrogen-bond donors (Lipinski definition) is 1. The van der Waals surface area contributed by atoms with Crippen molar-refractivity contribution in [3.05, 3.63) is 59.8 Å². The molecule has 1 aliphatic rings. The number of rotatable bonds is 5. The van der Waals surface area contributed by atoms with Gasteiger partial charge in [-0.15, -0.1) is 0 Å². The van der Waals surface area contributed by atoms with Gasteiger partial charge in [-0.3, -0.25) is 14.4 Å². The number of furan rings is 1. The lowest BCUT2D eigenvalue weighted by Crippen LogP contribution is -2.33. The molecule has 0 fully saturated rings. The number of aryl methyl sites for hydroxylation is 1. The molecule has 3 aromatic heterocycles. The first-order valence-corrected chi connectivity index (χ1v) is 8.22.